The average molecular weight is 234 g/mol. The third-order valence-corrected chi connectivity index (χ3v) is 3.49. The molecule has 16 heavy (non-hydrogen) atoms. The fourth-order valence-electron chi connectivity index (χ4n) is 1.46. The molecule has 1 heterocycles. The molecule has 1 aromatic carbocycles. The zero-order valence-corrected chi connectivity index (χ0v) is 10.3. The summed E-state index contributed by atoms with van der Waals surface area (Å²) in [5.74, 6) is 0.152. The summed E-state index contributed by atoms with van der Waals surface area (Å²) >= 11 is 1.67. The van der Waals surface area contributed by atoms with Crippen LogP contribution >= 0.6 is 11.3 Å². The standard InChI is InChI=1S/C12H14N2OS/c1-14(2)12(15)8-7-11-13-9-5-3-4-6-10(9)16-11/h3-6H,7-8H2,1-2H3. The first-order chi connectivity index (χ1) is 7.66. The molecule has 0 saturated carbocycles. The third kappa shape index (κ3) is 2.39. The molecule has 1 aromatic heterocycles. The molecule has 2 aromatic rings. The summed E-state index contributed by atoms with van der Waals surface area (Å²) in [4.78, 5) is 17.5. The van der Waals surface area contributed by atoms with Crippen LogP contribution < -0.4 is 0 Å². The zero-order chi connectivity index (χ0) is 11.5. The number of carbonyl (C=O) groups excluding carboxylic acids is 1. The number of fused-ring (bicyclic) bond motifs is 1. The monoisotopic (exact) mass is 234 g/mol. The van der Waals surface area contributed by atoms with Crippen LogP contribution in [0, 0.1) is 0 Å². The summed E-state index contributed by atoms with van der Waals surface area (Å²) in [6.07, 6.45) is 1.27. The molecule has 1 amide bonds. The van der Waals surface area contributed by atoms with Gasteiger partial charge in [-0.15, -0.1) is 11.3 Å². The molecule has 0 saturated heterocycles. The first-order valence-electron chi connectivity index (χ1n) is 5.21. The molecule has 0 aliphatic carbocycles. The Bertz CT molecular complexity index is 471. The van der Waals surface area contributed by atoms with Gasteiger partial charge in [-0.3, -0.25) is 4.79 Å². The van der Waals surface area contributed by atoms with Crippen LogP contribution in [-0.4, -0.2) is 29.9 Å². The largest absolute Gasteiger partial charge is 0.349 e. The van der Waals surface area contributed by atoms with E-state index >= 15 is 0 Å². The van der Waals surface area contributed by atoms with Crippen LogP contribution in [0.1, 0.15) is 11.4 Å². The van der Waals surface area contributed by atoms with Crippen LogP contribution in [0.25, 0.3) is 10.2 Å². The van der Waals surface area contributed by atoms with Gasteiger partial charge >= 0.3 is 0 Å². The molecule has 0 N–H and O–H groups in total. The number of benzene rings is 1. The molecule has 0 aliphatic rings. The molecule has 3 nitrogen and oxygen atoms in total. The molecule has 4 heteroatoms. The van der Waals surface area contributed by atoms with Crippen molar-refractivity contribution in [3.05, 3.63) is 29.3 Å². The van der Waals surface area contributed by atoms with Gasteiger partial charge < -0.3 is 4.90 Å². The van der Waals surface area contributed by atoms with Gasteiger partial charge in [0.1, 0.15) is 0 Å². The van der Waals surface area contributed by atoms with Crippen molar-refractivity contribution in [3.8, 4) is 0 Å². The first kappa shape index (κ1) is 11.1. The fourth-order valence-corrected chi connectivity index (χ4v) is 2.43. The number of aromatic nitrogens is 1. The van der Waals surface area contributed by atoms with Crippen LogP contribution in [0.2, 0.25) is 0 Å². The summed E-state index contributed by atoms with van der Waals surface area (Å²) in [5.41, 5.74) is 1.03. The summed E-state index contributed by atoms with van der Waals surface area (Å²) in [6.45, 7) is 0. The molecule has 0 radical (unpaired) electrons. The van der Waals surface area contributed by atoms with Gasteiger partial charge in [0.15, 0.2) is 0 Å². The van der Waals surface area contributed by atoms with E-state index < -0.39 is 0 Å². The Morgan fingerprint density at radius 2 is 2.12 bits per heavy atom. The van der Waals surface area contributed by atoms with E-state index in [1.54, 1.807) is 30.3 Å². The summed E-state index contributed by atoms with van der Waals surface area (Å²) in [5, 5.41) is 1.04. The Balaban J connectivity index is 2.07. The van der Waals surface area contributed by atoms with E-state index in [1.165, 1.54) is 4.70 Å². The minimum atomic E-state index is 0.152. The Hall–Kier alpha value is -1.42. The van der Waals surface area contributed by atoms with Gasteiger partial charge in [0.05, 0.1) is 15.2 Å². The zero-order valence-electron chi connectivity index (χ0n) is 9.43. The lowest BCUT2D eigenvalue weighted by Crippen LogP contribution is -2.21. The van der Waals surface area contributed by atoms with E-state index in [1.807, 2.05) is 18.2 Å². The van der Waals surface area contributed by atoms with E-state index in [-0.39, 0.29) is 5.91 Å². The third-order valence-electron chi connectivity index (χ3n) is 2.39. The lowest BCUT2D eigenvalue weighted by atomic mass is 10.3. The normalized spacial score (nSPS) is 10.6. The molecule has 0 fully saturated rings. The van der Waals surface area contributed by atoms with Crippen LogP contribution in [0.5, 0.6) is 0 Å². The highest BCUT2D eigenvalue weighted by molar-refractivity contribution is 7.18. The molecule has 2 rings (SSSR count). The minimum Gasteiger partial charge on any atom is -0.349 e. The molecule has 0 unspecified atom stereocenters. The SMILES string of the molecule is CN(C)C(=O)CCc1nc2ccccc2s1. The van der Waals surface area contributed by atoms with Crippen LogP contribution in [0.3, 0.4) is 0 Å². The summed E-state index contributed by atoms with van der Waals surface area (Å²) in [6, 6.07) is 8.06. The smallest absolute Gasteiger partial charge is 0.222 e. The molecular formula is C12H14N2OS. The molecule has 0 atom stereocenters. The van der Waals surface area contributed by atoms with Gasteiger partial charge in [-0.1, -0.05) is 12.1 Å². The van der Waals surface area contributed by atoms with E-state index in [9.17, 15) is 4.79 Å². The number of nitrogens with zero attached hydrogens (tertiary/aromatic N) is 2. The predicted octanol–water partition coefficient (Wildman–Crippen LogP) is 2.32. The van der Waals surface area contributed by atoms with Crippen molar-refractivity contribution in [2.24, 2.45) is 0 Å². The maximum atomic E-state index is 11.4. The lowest BCUT2D eigenvalue weighted by Gasteiger charge is -2.08. The van der Waals surface area contributed by atoms with E-state index in [0.717, 1.165) is 16.9 Å². The molecule has 84 valence electrons. The van der Waals surface area contributed by atoms with Crippen molar-refractivity contribution in [1.29, 1.82) is 0 Å². The summed E-state index contributed by atoms with van der Waals surface area (Å²) in [7, 11) is 3.56. The Labute approximate surface area is 98.7 Å². The lowest BCUT2D eigenvalue weighted by molar-refractivity contribution is -0.128. The topological polar surface area (TPSA) is 33.2 Å². The molecule has 0 spiro atoms. The van der Waals surface area contributed by atoms with Crippen molar-refractivity contribution >= 4 is 27.5 Å². The van der Waals surface area contributed by atoms with Gasteiger partial charge in [-0.2, -0.15) is 0 Å². The number of thiazole rings is 1. The highest BCUT2D eigenvalue weighted by Crippen LogP contribution is 2.22. The van der Waals surface area contributed by atoms with E-state index in [0.29, 0.717) is 6.42 Å². The van der Waals surface area contributed by atoms with Crippen molar-refractivity contribution in [2.75, 3.05) is 14.1 Å². The van der Waals surface area contributed by atoms with Crippen molar-refractivity contribution in [3.63, 3.8) is 0 Å². The van der Waals surface area contributed by atoms with Gasteiger partial charge in [-0.25, -0.2) is 4.98 Å². The first-order valence-corrected chi connectivity index (χ1v) is 6.03. The van der Waals surface area contributed by atoms with Crippen molar-refractivity contribution < 1.29 is 4.79 Å². The number of hydrogen-bond donors (Lipinski definition) is 0. The fraction of sp³-hybridized carbons (Fsp3) is 0.333. The second-order valence-electron chi connectivity index (χ2n) is 3.86. The number of aryl methyl sites for hydroxylation is 1. The Kier molecular flexibility index (Phi) is 3.19. The van der Waals surface area contributed by atoms with Gasteiger partial charge in [0.2, 0.25) is 5.91 Å². The van der Waals surface area contributed by atoms with Gasteiger partial charge in [-0.05, 0) is 12.1 Å². The van der Waals surface area contributed by atoms with Crippen LogP contribution in [0.4, 0.5) is 0 Å². The Morgan fingerprint density at radius 1 is 1.38 bits per heavy atom. The minimum absolute atomic E-state index is 0.152. The number of para-hydroxylation sites is 1. The molecule has 0 bridgehead atoms. The number of amides is 1. The molecular weight excluding hydrogens is 220 g/mol. The highest BCUT2D eigenvalue weighted by atomic mass is 32.1. The van der Waals surface area contributed by atoms with Crippen LogP contribution in [0.15, 0.2) is 24.3 Å². The number of hydrogen-bond acceptors (Lipinski definition) is 3. The predicted molar refractivity (Wildman–Crippen MR) is 66.6 cm³/mol. The second kappa shape index (κ2) is 4.61. The average Bonchev–Trinajstić information content (AvgIpc) is 2.68. The summed E-state index contributed by atoms with van der Waals surface area (Å²) < 4.78 is 1.19. The quantitative estimate of drug-likeness (QED) is 0.816. The number of carbonyl (C=O) groups is 1. The van der Waals surface area contributed by atoms with Crippen molar-refractivity contribution in [1.82, 2.24) is 9.88 Å². The number of rotatable bonds is 3. The molecule has 0 aliphatic heterocycles. The Morgan fingerprint density at radius 3 is 2.81 bits per heavy atom. The van der Waals surface area contributed by atoms with E-state index in [4.69, 9.17) is 0 Å². The van der Waals surface area contributed by atoms with Crippen LogP contribution in [-0.2, 0) is 11.2 Å². The van der Waals surface area contributed by atoms with Gasteiger partial charge in [0.25, 0.3) is 0 Å². The second-order valence-corrected chi connectivity index (χ2v) is 4.98. The van der Waals surface area contributed by atoms with Crippen molar-refractivity contribution in [2.45, 2.75) is 12.8 Å². The maximum Gasteiger partial charge on any atom is 0.222 e. The highest BCUT2D eigenvalue weighted by Gasteiger charge is 2.07. The van der Waals surface area contributed by atoms with Gasteiger partial charge in [0, 0.05) is 26.9 Å². The maximum absolute atomic E-state index is 11.4. The van der Waals surface area contributed by atoms with E-state index in [2.05, 4.69) is 11.1 Å².